The zero-order valence-corrected chi connectivity index (χ0v) is 29.7. The van der Waals surface area contributed by atoms with E-state index in [1.54, 1.807) is 18.2 Å². The van der Waals surface area contributed by atoms with Gasteiger partial charge in [0.15, 0.2) is 0 Å². The summed E-state index contributed by atoms with van der Waals surface area (Å²) in [5.41, 5.74) is 6.86. The molecule has 2 aliphatic rings. The molecule has 1 saturated heterocycles. The van der Waals surface area contributed by atoms with E-state index < -0.39 is 22.1 Å². The third kappa shape index (κ3) is 7.85. The van der Waals surface area contributed by atoms with Crippen molar-refractivity contribution in [2.24, 2.45) is 0 Å². The molecule has 3 N–H and O–H groups in total. The number of carbonyl (C=O) groups is 2. The summed E-state index contributed by atoms with van der Waals surface area (Å²) in [4.78, 5) is 30.0. The van der Waals surface area contributed by atoms with Gasteiger partial charge in [-0.15, -0.1) is 0 Å². The van der Waals surface area contributed by atoms with Crippen LogP contribution in [0.25, 0.3) is 0 Å². The quantitative estimate of drug-likeness (QED) is 0.188. The number of nitrogens with zero attached hydrogens (tertiary/aromatic N) is 1. The van der Waals surface area contributed by atoms with Crippen molar-refractivity contribution in [2.75, 3.05) is 24.4 Å². The van der Waals surface area contributed by atoms with Crippen LogP contribution in [0.5, 0.6) is 0 Å². The van der Waals surface area contributed by atoms with Crippen molar-refractivity contribution in [2.45, 2.75) is 69.4 Å². The highest BCUT2D eigenvalue weighted by Gasteiger charge is 2.34. The summed E-state index contributed by atoms with van der Waals surface area (Å²) in [6, 6.07) is 25.3. The fraction of sp³-hybridized carbons (Fsp3) is 0.333. The Hall–Kier alpha value is -4.18. The Kier molecular flexibility index (Phi) is 10.4. The molecule has 6 rings (SSSR count). The van der Waals surface area contributed by atoms with Gasteiger partial charge in [-0.05, 0) is 97.5 Å². The number of piperidine rings is 1. The van der Waals surface area contributed by atoms with E-state index in [9.17, 15) is 18.0 Å². The topological polar surface area (TPSA) is 108 Å². The molecule has 0 saturated carbocycles. The van der Waals surface area contributed by atoms with Gasteiger partial charge in [0.05, 0.1) is 10.6 Å². The van der Waals surface area contributed by atoms with Gasteiger partial charge in [-0.25, -0.2) is 8.42 Å². The molecule has 1 fully saturated rings. The maximum Gasteiger partial charge on any atom is 0.262 e. The van der Waals surface area contributed by atoms with Crippen molar-refractivity contribution in [1.29, 1.82) is 0 Å². The molecule has 4 aromatic carbocycles. The van der Waals surface area contributed by atoms with Crippen LogP contribution in [-0.4, -0.2) is 50.8 Å². The number of halogens is 1. The van der Waals surface area contributed by atoms with E-state index >= 15 is 0 Å². The minimum atomic E-state index is -3.83. The van der Waals surface area contributed by atoms with E-state index in [0.717, 1.165) is 34.2 Å². The van der Waals surface area contributed by atoms with Gasteiger partial charge in [0.2, 0.25) is 11.8 Å². The molecule has 2 atom stereocenters. The van der Waals surface area contributed by atoms with Gasteiger partial charge >= 0.3 is 0 Å². The first-order valence-corrected chi connectivity index (χ1v) is 18.7. The van der Waals surface area contributed by atoms with Gasteiger partial charge in [-0.2, -0.15) is 0 Å². The van der Waals surface area contributed by atoms with Gasteiger partial charge < -0.3 is 15.5 Å². The molecule has 0 radical (unpaired) electrons. The third-order valence-electron chi connectivity index (χ3n) is 9.66. The Morgan fingerprint density at radius 3 is 2.22 bits per heavy atom. The summed E-state index contributed by atoms with van der Waals surface area (Å²) in [7, 11) is -3.83. The van der Waals surface area contributed by atoms with Crippen LogP contribution in [0.2, 0.25) is 5.02 Å². The standard InChI is InChI=1S/C39H43ClN4O4S/c1-25-22-26(2)37(27(3)23-25)49(47,48)43-34-11-7-6-9-32(34)30-17-20-44(21-18-30)39(46)35(24-28-12-14-31(40)15-13-28)42-38(45)36-33-10-5-4-8-29(33)16-19-41-36/h4-15,22-23,30,35-36,41,43H,16-21,24H2,1-3H3,(H,42,45)/t35-,36?/m1/s1. The maximum absolute atomic E-state index is 14.1. The number of hydrogen-bond acceptors (Lipinski definition) is 5. The molecule has 0 aromatic heterocycles. The van der Waals surface area contributed by atoms with Crippen LogP contribution in [0.1, 0.15) is 63.7 Å². The molecule has 0 aliphatic carbocycles. The molecule has 2 heterocycles. The lowest BCUT2D eigenvalue weighted by atomic mass is 9.88. The van der Waals surface area contributed by atoms with Crippen molar-refractivity contribution in [3.8, 4) is 0 Å². The van der Waals surface area contributed by atoms with Gasteiger partial charge in [0.25, 0.3) is 10.0 Å². The van der Waals surface area contributed by atoms with Gasteiger partial charge in [0, 0.05) is 31.1 Å². The van der Waals surface area contributed by atoms with Crippen LogP contribution in [0.15, 0.2) is 89.8 Å². The first-order chi connectivity index (χ1) is 23.5. The van der Waals surface area contributed by atoms with E-state index in [1.807, 2.05) is 92.4 Å². The Bertz CT molecular complexity index is 1930. The lowest BCUT2D eigenvalue weighted by Gasteiger charge is -2.36. The highest BCUT2D eigenvalue weighted by atomic mass is 35.5. The second kappa shape index (κ2) is 14.7. The highest BCUT2D eigenvalue weighted by molar-refractivity contribution is 7.92. The number of sulfonamides is 1. The van der Waals surface area contributed by atoms with E-state index in [1.165, 1.54) is 0 Å². The van der Waals surface area contributed by atoms with E-state index in [4.69, 9.17) is 11.6 Å². The zero-order chi connectivity index (χ0) is 34.7. The average Bonchev–Trinajstić information content (AvgIpc) is 3.08. The van der Waals surface area contributed by atoms with Gasteiger partial charge in [-0.3, -0.25) is 14.3 Å². The lowest BCUT2D eigenvalue weighted by Crippen LogP contribution is -2.54. The summed E-state index contributed by atoms with van der Waals surface area (Å²) in [5, 5.41) is 7.03. The first kappa shape index (κ1) is 34.7. The largest absolute Gasteiger partial charge is 0.342 e. The number of nitrogens with one attached hydrogen (secondary N) is 3. The van der Waals surface area contributed by atoms with Crippen molar-refractivity contribution in [3.63, 3.8) is 0 Å². The van der Waals surface area contributed by atoms with Crippen LogP contribution in [0.3, 0.4) is 0 Å². The lowest BCUT2D eigenvalue weighted by molar-refractivity contribution is -0.137. The number of anilines is 1. The van der Waals surface area contributed by atoms with Crippen LogP contribution in [0.4, 0.5) is 5.69 Å². The van der Waals surface area contributed by atoms with Crippen molar-refractivity contribution in [3.05, 3.63) is 129 Å². The predicted octanol–water partition coefficient (Wildman–Crippen LogP) is 6.39. The van der Waals surface area contributed by atoms with Crippen molar-refractivity contribution >= 4 is 39.1 Å². The van der Waals surface area contributed by atoms with Crippen LogP contribution < -0.4 is 15.4 Å². The number of carbonyl (C=O) groups excluding carboxylic acids is 2. The van der Waals surface area contributed by atoms with E-state index in [0.29, 0.717) is 65.6 Å². The molecular weight excluding hydrogens is 656 g/mol. The van der Waals surface area contributed by atoms with Crippen LogP contribution >= 0.6 is 11.6 Å². The molecule has 1 unspecified atom stereocenters. The summed E-state index contributed by atoms with van der Waals surface area (Å²) in [6.45, 7) is 7.24. The van der Waals surface area contributed by atoms with E-state index in [2.05, 4.69) is 15.4 Å². The van der Waals surface area contributed by atoms with Gasteiger partial charge in [0.1, 0.15) is 12.1 Å². The molecule has 8 nitrogen and oxygen atoms in total. The molecular formula is C39H43ClN4O4S. The normalized spacial score (nSPS) is 17.2. The van der Waals surface area contributed by atoms with Gasteiger partial charge in [-0.1, -0.05) is 83.9 Å². The Balaban J connectivity index is 1.17. The molecule has 2 amide bonds. The highest BCUT2D eigenvalue weighted by Crippen LogP contribution is 2.35. The minimum absolute atomic E-state index is 0.0513. The number of amides is 2. The molecule has 49 heavy (non-hydrogen) atoms. The number of rotatable bonds is 9. The van der Waals surface area contributed by atoms with Crippen molar-refractivity contribution in [1.82, 2.24) is 15.5 Å². The second-order valence-electron chi connectivity index (χ2n) is 13.2. The Morgan fingerprint density at radius 2 is 1.53 bits per heavy atom. The Morgan fingerprint density at radius 1 is 0.898 bits per heavy atom. The second-order valence-corrected chi connectivity index (χ2v) is 15.3. The number of hydrogen-bond donors (Lipinski definition) is 3. The predicted molar refractivity (Wildman–Crippen MR) is 194 cm³/mol. The van der Waals surface area contributed by atoms with Crippen LogP contribution in [0, 0.1) is 20.8 Å². The molecule has 256 valence electrons. The molecule has 10 heteroatoms. The number of fused-ring (bicyclic) bond motifs is 1. The minimum Gasteiger partial charge on any atom is -0.342 e. The van der Waals surface area contributed by atoms with Crippen LogP contribution in [-0.2, 0) is 32.5 Å². The summed E-state index contributed by atoms with van der Waals surface area (Å²) in [5.74, 6) is -0.310. The molecule has 0 spiro atoms. The number of benzene rings is 4. The number of aryl methyl sites for hydroxylation is 3. The number of para-hydroxylation sites is 1. The third-order valence-corrected chi connectivity index (χ3v) is 11.6. The monoisotopic (exact) mass is 698 g/mol. The zero-order valence-electron chi connectivity index (χ0n) is 28.1. The smallest absolute Gasteiger partial charge is 0.262 e. The summed E-state index contributed by atoms with van der Waals surface area (Å²) < 4.78 is 30.1. The fourth-order valence-electron chi connectivity index (χ4n) is 7.41. The molecule has 4 aromatic rings. The SMILES string of the molecule is Cc1cc(C)c(S(=O)(=O)Nc2ccccc2C2CCN(C(=O)[C@@H](Cc3ccc(Cl)cc3)NC(=O)C3NCCc4ccccc43)CC2)c(C)c1. The molecule has 2 aliphatic heterocycles. The summed E-state index contributed by atoms with van der Waals surface area (Å²) >= 11 is 6.14. The van der Waals surface area contributed by atoms with E-state index in [-0.39, 0.29) is 17.7 Å². The number of likely N-dealkylation sites (tertiary alicyclic amines) is 1. The molecule has 0 bridgehead atoms. The average molecular weight is 699 g/mol. The fourth-order valence-corrected chi connectivity index (χ4v) is 9.08. The summed E-state index contributed by atoms with van der Waals surface area (Å²) in [6.07, 6.45) is 2.49. The Labute approximate surface area is 294 Å². The van der Waals surface area contributed by atoms with Crippen molar-refractivity contribution < 1.29 is 18.0 Å². The first-order valence-electron chi connectivity index (χ1n) is 16.8. The maximum atomic E-state index is 14.1.